The lowest BCUT2D eigenvalue weighted by Crippen LogP contribution is -2.10. The van der Waals surface area contributed by atoms with Gasteiger partial charge in [0.15, 0.2) is 0 Å². The van der Waals surface area contributed by atoms with Crippen molar-refractivity contribution in [3.63, 3.8) is 0 Å². The molecule has 0 saturated heterocycles. The van der Waals surface area contributed by atoms with Gasteiger partial charge in [-0.05, 0) is 49.9 Å². The van der Waals surface area contributed by atoms with E-state index in [1.54, 1.807) is 0 Å². The number of nitrogens with one attached hydrogen (secondary N) is 1. The molecule has 0 aliphatic rings. The molecule has 0 aliphatic heterocycles. The molecule has 0 saturated carbocycles. The second-order valence-corrected chi connectivity index (χ2v) is 6.07. The molecule has 0 unspecified atom stereocenters. The van der Waals surface area contributed by atoms with Crippen molar-refractivity contribution in [3.8, 4) is 0 Å². The van der Waals surface area contributed by atoms with Crippen LogP contribution in [0.4, 0.5) is 0 Å². The average molecular weight is 245 g/mol. The van der Waals surface area contributed by atoms with E-state index in [1.807, 2.05) is 7.05 Å². The first-order chi connectivity index (χ1) is 8.43. The quantitative estimate of drug-likeness (QED) is 0.609. The van der Waals surface area contributed by atoms with Gasteiger partial charge in [-0.15, -0.1) is 0 Å². The summed E-state index contributed by atoms with van der Waals surface area (Å²) in [4.78, 5) is 0. The van der Waals surface area contributed by atoms with Crippen molar-refractivity contribution in [1.29, 1.82) is 0 Å². The van der Waals surface area contributed by atoms with E-state index in [-0.39, 0.29) is 5.41 Å². The van der Waals surface area contributed by atoms with Gasteiger partial charge in [0.05, 0.1) is 0 Å². The molecule has 0 atom stereocenters. The molecule has 1 aromatic carbocycles. The van der Waals surface area contributed by atoms with Crippen LogP contribution in [0.15, 0.2) is 35.9 Å². The van der Waals surface area contributed by atoms with Crippen molar-refractivity contribution in [3.05, 3.63) is 47.0 Å². The Morgan fingerprint density at radius 2 is 1.78 bits per heavy atom. The molecule has 1 N–H and O–H groups in total. The van der Waals surface area contributed by atoms with Crippen LogP contribution in [0.2, 0.25) is 0 Å². The highest BCUT2D eigenvalue weighted by Gasteiger charge is 2.12. The lowest BCUT2D eigenvalue weighted by molar-refractivity contribution is 0.590. The Hall–Kier alpha value is -1.08. The first kappa shape index (κ1) is 15.0. The third-order valence-corrected chi connectivity index (χ3v) is 3.19. The molecule has 1 heteroatoms. The zero-order valence-corrected chi connectivity index (χ0v) is 12.5. The second kappa shape index (κ2) is 6.75. The molecule has 0 heterocycles. The van der Waals surface area contributed by atoms with Gasteiger partial charge >= 0.3 is 0 Å². The molecule has 1 nitrogen and oxygen atoms in total. The van der Waals surface area contributed by atoms with Crippen molar-refractivity contribution in [2.75, 3.05) is 13.6 Å². The lowest BCUT2D eigenvalue weighted by Gasteiger charge is -2.19. The van der Waals surface area contributed by atoms with Crippen LogP contribution in [0, 0.1) is 0 Å². The Labute approximate surface area is 112 Å². The molecule has 0 fully saturated rings. The van der Waals surface area contributed by atoms with Gasteiger partial charge in [0.25, 0.3) is 0 Å². The predicted octanol–water partition coefficient (Wildman–Crippen LogP) is 4.08. The van der Waals surface area contributed by atoms with Gasteiger partial charge in [-0.2, -0.15) is 0 Å². The fourth-order valence-corrected chi connectivity index (χ4v) is 1.98. The van der Waals surface area contributed by atoms with Gasteiger partial charge in [0.2, 0.25) is 0 Å². The van der Waals surface area contributed by atoms with Crippen LogP contribution in [0.25, 0.3) is 0 Å². The van der Waals surface area contributed by atoms with Gasteiger partial charge in [0, 0.05) is 0 Å². The maximum Gasteiger partial charge on any atom is -0.00172 e. The molecule has 18 heavy (non-hydrogen) atoms. The zero-order chi connectivity index (χ0) is 13.6. The highest BCUT2D eigenvalue weighted by Crippen LogP contribution is 2.22. The van der Waals surface area contributed by atoms with Crippen molar-refractivity contribution >= 4 is 0 Å². The molecule has 0 aliphatic carbocycles. The molecule has 0 amide bonds. The highest BCUT2D eigenvalue weighted by molar-refractivity contribution is 5.29. The summed E-state index contributed by atoms with van der Waals surface area (Å²) in [7, 11) is 1.99. The summed E-state index contributed by atoms with van der Waals surface area (Å²) in [6, 6.07) is 9.04. The van der Waals surface area contributed by atoms with Gasteiger partial charge in [-0.3, -0.25) is 0 Å². The molecule has 0 bridgehead atoms. The third-order valence-electron chi connectivity index (χ3n) is 3.19. The number of allylic oxidation sites excluding steroid dienone is 1. The minimum atomic E-state index is 0.246. The highest BCUT2D eigenvalue weighted by atomic mass is 14.8. The standard InChI is InChI=1S/C17H27N/c1-14(7-6-12-18-5)13-15-8-10-16(11-9-15)17(2,3)4/h7-11,18H,6,12-13H2,1-5H3. The average Bonchev–Trinajstić information content (AvgIpc) is 2.29. The van der Waals surface area contributed by atoms with E-state index in [4.69, 9.17) is 0 Å². The van der Waals surface area contributed by atoms with Crippen molar-refractivity contribution in [2.24, 2.45) is 0 Å². The van der Waals surface area contributed by atoms with E-state index in [0.717, 1.165) is 19.4 Å². The van der Waals surface area contributed by atoms with E-state index in [0.29, 0.717) is 0 Å². The SMILES string of the molecule is CNCCC=C(C)Cc1ccc(C(C)(C)C)cc1. The summed E-state index contributed by atoms with van der Waals surface area (Å²) in [6.07, 6.45) is 4.50. The Morgan fingerprint density at radius 1 is 1.17 bits per heavy atom. The summed E-state index contributed by atoms with van der Waals surface area (Å²) in [5.74, 6) is 0. The van der Waals surface area contributed by atoms with Crippen LogP contribution in [0.3, 0.4) is 0 Å². The Morgan fingerprint density at radius 3 is 2.28 bits per heavy atom. The van der Waals surface area contributed by atoms with Crippen LogP contribution < -0.4 is 5.32 Å². The number of hydrogen-bond donors (Lipinski definition) is 1. The molecule has 0 aromatic heterocycles. The monoisotopic (exact) mass is 245 g/mol. The fraction of sp³-hybridized carbons (Fsp3) is 0.529. The van der Waals surface area contributed by atoms with Gasteiger partial charge in [-0.1, -0.05) is 56.7 Å². The summed E-state index contributed by atoms with van der Waals surface area (Å²) in [5, 5.41) is 3.17. The summed E-state index contributed by atoms with van der Waals surface area (Å²) in [6.45, 7) is 10.0. The Kier molecular flexibility index (Phi) is 5.61. The Balaban J connectivity index is 2.61. The van der Waals surface area contributed by atoms with Gasteiger partial charge in [0.1, 0.15) is 0 Å². The van der Waals surface area contributed by atoms with Gasteiger partial charge in [-0.25, -0.2) is 0 Å². The third kappa shape index (κ3) is 5.05. The van der Waals surface area contributed by atoms with E-state index >= 15 is 0 Å². The molecule has 1 rings (SSSR count). The first-order valence-corrected chi connectivity index (χ1v) is 6.83. The smallest absolute Gasteiger partial charge is 0.00172 e. The normalized spacial score (nSPS) is 12.8. The van der Waals surface area contributed by atoms with Crippen LogP contribution in [-0.2, 0) is 11.8 Å². The summed E-state index contributed by atoms with van der Waals surface area (Å²) >= 11 is 0. The topological polar surface area (TPSA) is 12.0 Å². The van der Waals surface area contributed by atoms with E-state index in [9.17, 15) is 0 Å². The summed E-state index contributed by atoms with van der Waals surface area (Å²) < 4.78 is 0. The minimum absolute atomic E-state index is 0.246. The zero-order valence-electron chi connectivity index (χ0n) is 12.5. The van der Waals surface area contributed by atoms with Gasteiger partial charge < -0.3 is 5.32 Å². The van der Waals surface area contributed by atoms with Crippen LogP contribution in [-0.4, -0.2) is 13.6 Å². The lowest BCUT2D eigenvalue weighted by atomic mass is 9.86. The van der Waals surface area contributed by atoms with Crippen molar-refractivity contribution in [1.82, 2.24) is 5.32 Å². The van der Waals surface area contributed by atoms with Crippen molar-refractivity contribution < 1.29 is 0 Å². The fourth-order valence-electron chi connectivity index (χ4n) is 1.98. The van der Waals surface area contributed by atoms with E-state index in [2.05, 4.69) is 63.4 Å². The largest absolute Gasteiger partial charge is 0.319 e. The maximum atomic E-state index is 3.17. The first-order valence-electron chi connectivity index (χ1n) is 6.83. The van der Waals surface area contributed by atoms with E-state index in [1.165, 1.54) is 16.7 Å². The minimum Gasteiger partial charge on any atom is -0.319 e. The molecule has 0 radical (unpaired) electrons. The van der Waals surface area contributed by atoms with Crippen LogP contribution in [0.5, 0.6) is 0 Å². The molecule has 1 aromatic rings. The maximum absolute atomic E-state index is 3.17. The van der Waals surface area contributed by atoms with E-state index < -0.39 is 0 Å². The number of rotatable bonds is 5. The molecule has 100 valence electrons. The molecule has 0 spiro atoms. The predicted molar refractivity (Wildman–Crippen MR) is 81.1 cm³/mol. The van der Waals surface area contributed by atoms with Crippen LogP contribution >= 0.6 is 0 Å². The van der Waals surface area contributed by atoms with Crippen LogP contribution in [0.1, 0.15) is 45.2 Å². The second-order valence-electron chi connectivity index (χ2n) is 6.07. The number of benzene rings is 1. The number of hydrogen-bond acceptors (Lipinski definition) is 1. The van der Waals surface area contributed by atoms with Crippen molar-refractivity contribution in [2.45, 2.75) is 46.0 Å². The Bertz CT molecular complexity index is 379. The molecular weight excluding hydrogens is 218 g/mol. The summed E-state index contributed by atoms with van der Waals surface area (Å²) in [5.41, 5.74) is 4.51. The molecular formula is C17H27N.